The number of halogens is 1. The number of tetrazole rings is 1. The molecule has 1 unspecified atom stereocenters. The topological polar surface area (TPSA) is 92.8 Å². The lowest BCUT2D eigenvalue weighted by Gasteiger charge is -2.36. The van der Waals surface area contributed by atoms with Crippen molar-refractivity contribution in [2.45, 2.75) is 37.6 Å². The van der Waals surface area contributed by atoms with Gasteiger partial charge in [0.25, 0.3) is 0 Å². The van der Waals surface area contributed by atoms with Crippen molar-refractivity contribution in [3.05, 3.63) is 40.7 Å². The zero-order valence-corrected chi connectivity index (χ0v) is 14.2. The highest BCUT2D eigenvalue weighted by Gasteiger charge is 2.41. The minimum Gasteiger partial charge on any atom is -0.381 e. The number of H-pyrrole nitrogens is 1. The molecule has 128 valence electrons. The number of benzene rings is 1. The molecule has 2 aromatic rings. The maximum Gasteiger partial charge on any atom is 0.228 e. The van der Waals surface area contributed by atoms with Gasteiger partial charge in [0, 0.05) is 31.1 Å². The lowest BCUT2D eigenvalue weighted by Crippen LogP contribution is -2.51. The molecule has 2 N–H and O–H groups in total. The minimum atomic E-state index is -0.637. The molecule has 8 heteroatoms. The Labute approximate surface area is 145 Å². The summed E-state index contributed by atoms with van der Waals surface area (Å²) in [7, 11) is 0. The highest BCUT2D eigenvalue weighted by Crippen LogP contribution is 2.31. The maximum atomic E-state index is 13.0. The second kappa shape index (κ2) is 7.27. The van der Waals surface area contributed by atoms with Crippen molar-refractivity contribution >= 4 is 17.5 Å². The largest absolute Gasteiger partial charge is 0.381 e. The minimum absolute atomic E-state index is 0.0495. The monoisotopic (exact) mass is 349 g/mol. The van der Waals surface area contributed by atoms with Crippen LogP contribution in [0.25, 0.3) is 0 Å². The molecule has 1 saturated heterocycles. The molecular weight excluding hydrogens is 330 g/mol. The van der Waals surface area contributed by atoms with Crippen molar-refractivity contribution in [2.24, 2.45) is 0 Å². The van der Waals surface area contributed by atoms with Crippen molar-refractivity contribution in [1.29, 1.82) is 0 Å². The molecule has 24 heavy (non-hydrogen) atoms. The molecular formula is C16H20ClN5O2. The summed E-state index contributed by atoms with van der Waals surface area (Å²) in [4.78, 5) is 13.0. The smallest absolute Gasteiger partial charge is 0.228 e. The second-order valence-electron chi connectivity index (χ2n) is 5.93. The van der Waals surface area contributed by atoms with E-state index < -0.39 is 5.54 Å². The highest BCUT2D eigenvalue weighted by molar-refractivity contribution is 6.30. The van der Waals surface area contributed by atoms with Crippen LogP contribution in [0.3, 0.4) is 0 Å². The molecule has 2 heterocycles. The van der Waals surface area contributed by atoms with E-state index in [2.05, 4.69) is 25.9 Å². The van der Waals surface area contributed by atoms with E-state index in [1.807, 2.05) is 19.1 Å². The number of nitrogens with one attached hydrogen (secondary N) is 2. The Bertz CT molecular complexity index is 668. The first-order valence-corrected chi connectivity index (χ1v) is 8.41. The fraction of sp³-hybridized carbons (Fsp3) is 0.500. The number of ether oxygens (including phenoxy) is 1. The van der Waals surface area contributed by atoms with Crippen molar-refractivity contribution in [1.82, 2.24) is 25.9 Å². The Morgan fingerprint density at radius 1 is 1.38 bits per heavy atom. The normalized spacial score (nSPS) is 18.1. The van der Waals surface area contributed by atoms with E-state index in [1.54, 1.807) is 12.1 Å². The third-order valence-electron chi connectivity index (χ3n) is 4.48. The van der Waals surface area contributed by atoms with E-state index in [4.69, 9.17) is 16.3 Å². The van der Waals surface area contributed by atoms with Gasteiger partial charge in [0.1, 0.15) is 5.54 Å². The third kappa shape index (κ3) is 3.42. The molecule has 1 aliphatic heterocycles. The molecule has 3 rings (SSSR count). The summed E-state index contributed by atoms with van der Waals surface area (Å²) in [5.74, 6) is 0.200. The van der Waals surface area contributed by atoms with Gasteiger partial charge in [-0.1, -0.05) is 35.9 Å². The number of hydrogen-bond donors (Lipinski definition) is 2. The van der Waals surface area contributed by atoms with Crippen LogP contribution in [0.4, 0.5) is 0 Å². The van der Waals surface area contributed by atoms with Crippen molar-refractivity contribution < 1.29 is 9.53 Å². The number of rotatable bonds is 5. The summed E-state index contributed by atoms with van der Waals surface area (Å²) in [6.45, 7) is 3.09. The zero-order valence-electron chi connectivity index (χ0n) is 13.5. The summed E-state index contributed by atoms with van der Waals surface area (Å²) < 4.78 is 5.44. The first kappa shape index (κ1) is 16.9. The Morgan fingerprint density at radius 2 is 2.08 bits per heavy atom. The van der Waals surface area contributed by atoms with Gasteiger partial charge in [0.15, 0.2) is 5.82 Å². The van der Waals surface area contributed by atoms with Crippen LogP contribution in [0.1, 0.15) is 43.5 Å². The van der Waals surface area contributed by atoms with Gasteiger partial charge in [0.05, 0.1) is 5.92 Å². The van der Waals surface area contributed by atoms with Crippen LogP contribution in [0.2, 0.25) is 5.02 Å². The summed E-state index contributed by atoms with van der Waals surface area (Å²) in [5.41, 5.74) is 0.303. The molecule has 1 atom stereocenters. The molecule has 0 aliphatic carbocycles. The highest BCUT2D eigenvalue weighted by atomic mass is 35.5. The molecule has 0 spiro atoms. The van der Waals surface area contributed by atoms with Gasteiger partial charge in [-0.15, -0.1) is 10.2 Å². The van der Waals surface area contributed by atoms with Crippen LogP contribution >= 0.6 is 11.6 Å². The quantitative estimate of drug-likeness (QED) is 0.863. The van der Waals surface area contributed by atoms with E-state index >= 15 is 0 Å². The zero-order chi connectivity index (χ0) is 17.0. The number of amides is 1. The van der Waals surface area contributed by atoms with Gasteiger partial charge < -0.3 is 10.1 Å². The van der Waals surface area contributed by atoms with Crippen LogP contribution in [0, 0.1) is 0 Å². The molecule has 1 amide bonds. The van der Waals surface area contributed by atoms with Gasteiger partial charge in [-0.3, -0.25) is 4.79 Å². The molecule has 0 bridgehead atoms. The average Bonchev–Trinajstić information content (AvgIpc) is 3.13. The van der Waals surface area contributed by atoms with Crippen LogP contribution in [0.5, 0.6) is 0 Å². The maximum absolute atomic E-state index is 13.0. The van der Waals surface area contributed by atoms with Gasteiger partial charge in [-0.2, -0.15) is 5.21 Å². The SMILES string of the molecule is CCC(C(=O)NC1(c2nn[nH]n2)CCOCC1)c1ccc(Cl)cc1. The van der Waals surface area contributed by atoms with E-state index in [0.29, 0.717) is 43.3 Å². The summed E-state index contributed by atoms with van der Waals surface area (Å²) in [6, 6.07) is 7.38. The third-order valence-corrected chi connectivity index (χ3v) is 4.73. The average molecular weight is 350 g/mol. The Balaban J connectivity index is 1.83. The second-order valence-corrected chi connectivity index (χ2v) is 6.37. The van der Waals surface area contributed by atoms with Crippen LogP contribution in [-0.4, -0.2) is 39.7 Å². The van der Waals surface area contributed by atoms with E-state index in [0.717, 1.165) is 5.56 Å². The number of carbonyl (C=O) groups excluding carboxylic acids is 1. The molecule has 1 fully saturated rings. The number of aromatic amines is 1. The number of aromatic nitrogens is 4. The lowest BCUT2D eigenvalue weighted by molar-refractivity contribution is -0.126. The van der Waals surface area contributed by atoms with Gasteiger partial charge in [0.2, 0.25) is 5.91 Å². The fourth-order valence-electron chi connectivity index (χ4n) is 3.08. The van der Waals surface area contributed by atoms with Crippen LogP contribution < -0.4 is 5.32 Å². The van der Waals surface area contributed by atoms with Crippen molar-refractivity contribution in [3.8, 4) is 0 Å². The van der Waals surface area contributed by atoms with Crippen molar-refractivity contribution in [2.75, 3.05) is 13.2 Å². The molecule has 1 aliphatic rings. The number of hydrogen-bond acceptors (Lipinski definition) is 5. The van der Waals surface area contributed by atoms with Gasteiger partial charge in [-0.25, -0.2) is 0 Å². The predicted octanol–water partition coefficient (Wildman–Crippen LogP) is 2.17. The molecule has 0 radical (unpaired) electrons. The van der Waals surface area contributed by atoms with Crippen LogP contribution in [0.15, 0.2) is 24.3 Å². The lowest BCUT2D eigenvalue weighted by atomic mass is 9.87. The fourth-order valence-corrected chi connectivity index (χ4v) is 3.21. The predicted molar refractivity (Wildman–Crippen MR) is 88.5 cm³/mol. The van der Waals surface area contributed by atoms with Gasteiger partial charge in [-0.05, 0) is 24.1 Å². The summed E-state index contributed by atoms with van der Waals surface area (Å²) in [5, 5.41) is 18.1. The number of carbonyl (C=O) groups is 1. The first-order chi connectivity index (χ1) is 11.6. The Hall–Kier alpha value is -1.99. The van der Waals surface area contributed by atoms with Gasteiger partial charge >= 0.3 is 0 Å². The summed E-state index contributed by atoms with van der Waals surface area (Å²) >= 11 is 5.94. The molecule has 0 saturated carbocycles. The number of nitrogens with zero attached hydrogens (tertiary/aromatic N) is 3. The van der Waals surface area contributed by atoms with Crippen molar-refractivity contribution in [3.63, 3.8) is 0 Å². The van der Waals surface area contributed by atoms with E-state index in [1.165, 1.54) is 0 Å². The molecule has 1 aromatic carbocycles. The van der Waals surface area contributed by atoms with E-state index in [-0.39, 0.29) is 11.8 Å². The Kier molecular flexibility index (Phi) is 5.11. The standard InChI is InChI=1S/C16H20ClN5O2/c1-2-13(11-3-5-12(17)6-4-11)14(23)18-16(7-9-24-10-8-16)15-19-21-22-20-15/h3-6,13H,2,7-10H2,1H3,(H,18,23)(H,19,20,21,22). The van der Waals surface area contributed by atoms with E-state index in [9.17, 15) is 4.79 Å². The first-order valence-electron chi connectivity index (χ1n) is 8.04. The van der Waals surface area contributed by atoms with Crippen LogP contribution in [-0.2, 0) is 15.1 Å². The molecule has 7 nitrogen and oxygen atoms in total. The summed E-state index contributed by atoms with van der Waals surface area (Å²) in [6.07, 6.45) is 1.93. The molecule has 1 aromatic heterocycles. The Morgan fingerprint density at radius 3 is 2.67 bits per heavy atom.